The maximum atomic E-state index is 13.0. The smallest absolute Gasteiger partial charge is 0.273 e. The van der Waals surface area contributed by atoms with Crippen LogP contribution in [0.4, 0.5) is 0 Å². The van der Waals surface area contributed by atoms with Gasteiger partial charge in [-0.05, 0) is 29.8 Å². The molecule has 0 bridgehead atoms. The number of amides is 1. The highest BCUT2D eigenvalue weighted by Gasteiger charge is 2.41. The summed E-state index contributed by atoms with van der Waals surface area (Å²) in [6.45, 7) is 0.926. The van der Waals surface area contributed by atoms with Crippen molar-refractivity contribution in [1.29, 1.82) is 0 Å². The van der Waals surface area contributed by atoms with Crippen molar-refractivity contribution < 1.29 is 9.53 Å². The Bertz CT molecular complexity index is 968. The molecule has 0 aliphatic carbocycles. The number of rotatable bonds is 5. The Morgan fingerprint density at radius 3 is 2.33 bits per heavy atom. The molecule has 1 aliphatic heterocycles. The van der Waals surface area contributed by atoms with Gasteiger partial charge in [0.05, 0.1) is 18.3 Å². The Kier molecular flexibility index (Phi) is 4.91. The van der Waals surface area contributed by atoms with Gasteiger partial charge in [0.1, 0.15) is 5.69 Å². The first kappa shape index (κ1) is 18.0. The fourth-order valence-corrected chi connectivity index (χ4v) is 3.69. The van der Waals surface area contributed by atoms with Crippen LogP contribution in [0.25, 0.3) is 11.3 Å². The predicted molar refractivity (Wildman–Crippen MR) is 105 cm³/mol. The van der Waals surface area contributed by atoms with E-state index < -0.39 is 0 Å². The van der Waals surface area contributed by atoms with E-state index in [2.05, 4.69) is 10.2 Å². The van der Waals surface area contributed by atoms with Gasteiger partial charge in [0, 0.05) is 34.8 Å². The summed E-state index contributed by atoms with van der Waals surface area (Å²) < 4.78 is 5.20. The van der Waals surface area contributed by atoms with Gasteiger partial charge in [-0.25, -0.2) is 0 Å². The van der Waals surface area contributed by atoms with E-state index in [0.29, 0.717) is 28.9 Å². The minimum absolute atomic E-state index is 0.0882. The molecule has 0 radical (unpaired) electrons. The van der Waals surface area contributed by atoms with E-state index in [4.69, 9.17) is 27.9 Å². The maximum absolute atomic E-state index is 13.0. The van der Waals surface area contributed by atoms with Gasteiger partial charge in [-0.1, -0.05) is 47.5 Å². The van der Waals surface area contributed by atoms with E-state index in [-0.39, 0.29) is 11.9 Å². The quantitative estimate of drug-likeness (QED) is 0.680. The first-order chi connectivity index (χ1) is 13.1. The van der Waals surface area contributed by atoms with Crippen LogP contribution in [0, 0.1) is 0 Å². The van der Waals surface area contributed by atoms with Crippen LogP contribution in [0.2, 0.25) is 10.0 Å². The zero-order valence-electron chi connectivity index (χ0n) is 14.6. The van der Waals surface area contributed by atoms with Crippen LogP contribution in [-0.4, -0.2) is 41.3 Å². The van der Waals surface area contributed by atoms with Gasteiger partial charge < -0.3 is 9.64 Å². The largest absolute Gasteiger partial charge is 0.383 e. The molecule has 2 heterocycles. The summed E-state index contributed by atoms with van der Waals surface area (Å²) in [6.07, 6.45) is 0. The summed E-state index contributed by atoms with van der Waals surface area (Å²) in [7, 11) is 1.62. The van der Waals surface area contributed by atoms with Crippen molar-refractivity contribution in [3.63, 3.8) is 0 Å². The molecular formula is C20H17Cl2N3O2. The molecule has 1 atom stereocenters. The van der Waals surface area contributed by atoms with Crippen molar-refractivity contribution in [1.82, 2.24) is 15.1 Å². The number of halogens is 2. The SMILES string of the molecule is COCCN1C(=O)c2[nH]nc(-c3ccc(Cl)cc3)c2C1c1ccc(Cl)cc1. The maximum Gasteiger partial charge on any atom is 0.273 e. The van der Waals surface area contributed by atoms with Crippen LogP contribution >= 0.6 is 23.2 Å². The number of benzene rings is 2. The van der Waals surface area contributed by atoms with E-state index in [1.54, 1.807) is 12.0 Å². The van der Waals surface area contributed by atoms with Crippen LogP contribution in [-0.2, 0) is 4.74 Å². The second-order valence-electron chi connectivity index (χ2n) is 6.31. The van der Waals surface area contributed by atoms with Crippen molar-refractivity contribution in [2.24, 2.45) is 0 Å². The van der Waals surface area contributed by atoms with Crippen molar-refractivity contribution >= 4 is 29.1 Å². The standard InChI is InChI=1S/C20H17Cl2N3O2/c1-27-11-10-25-19(13-4-8-15(22)9-5-13)16-17(23-24-18(16)20(25)26)12-2-6-14(21)7-3-12/h2-9,19H,10-11H2,1H3,(H,23,24). The highest BCUT2D eigenvalue weighted by Crippen LogP contribution is 2.42. The number of nitrogens with one attached hydrogen (secondary N) is 1. The number of fused-ring (bicyclic) bond motifs is 1. The molecule has 0 saturated carbocycles. The molecule has 1 unspecified atom stereocenters. The summed E-state index contributed by atoms with van der Waals surface area (Å²) in [4.78, 5) is 14.8. The first-order valence-electron chi connectivity index (χ1n) is 8.49. The summed E-state index contributed by atoms with van der Waals surface area (Å²) in [6, 6.07) is 14.7. The Morgan fingerprint density at radius 1 is 1.07 bits per heavy atom. The van der Waals surface area contributed by atoms with Gasteiger partial charge in [-0.3, -0.25) is 9.89 Å². The molecule has 1 amide bonds. The second-order valence-corrected chi connectivity index (χ2v) is 7.19. The third-order valence-corrected chi connectivity index (χ3v) is 5.21. The number of nitrogens with zero attached hydrogens (tertiary/aromatic N) is 2. The minimum Gasteiger partial charge on any atom is -0.383 e. The molecular weight excluding hydrogens is 385 g/mol. The van der Waals surface area contributed by atoms with Crippen molar-refractivity contribution in [2.75, 3.05) is 20.3 Å². The molecule has 0 fully saturated rings. The Labute approximate surface area is 166 Å². The molecule has 1 N–H and O–H groups in total. The number of H-pyrrole nitrogens is 1. The van der Waals surface area contributed by atoms with E-state index in [1.807, 2.05) is 48.5 Å². The number of aromatic amines is 1. The van der Waals surface area contributed by atoms with Gasteiger partial charge in [-0.15, -0.1) is 0 Å². The third-order valence-electron chi connectivity index (χ3n) is 4.70. The van der Waals surface area contributed by atoms with E-state index >= 15 is 0 Å². The number of ether oxygens (including phenoxy) is 1. The molecule has 1 aromatic heterocycles. The first-order valence-corrected chi connectivity index (χ1v) is 9.25. The second kappa shape index (κ2) is 7.35. The van der Waals surface area contributed by atoms with E-state index in [9.17, 15) is 4.79 Å². The number of aromatic nitrogens is 2. The zero-order chi connectivity index (χ0) is 19.0. The number of methoxy groups -OCH3 is 1. The van der Waals surface area contributed by atoms with Crippen molar-refractivity contribution in [3.8, 4) is 11.3 Å². The lowest BCUT2D eigenvalue weighted by atomic mass is 9.96. The summed E-state index contributed by atoms with van der Waals surface area (Å²) >= 11 is 12.1. The van der Waals surface area contributed by atoms with Gasteiger partial charge in [0.15, 0.2) is 0 Å². The summed E-state index contributed by atoms with van der Waals surface area (Å²) in [5.74, 6) is -0.0882. The Balaban J connectivity index is 1.84. The third kappa shape index (κ3) is 3.23. The average molecular weight is 402 g/mol. The average Bonchev–Trinajstić information content (AvgIpc) is 3.21. The molecule has 0 saturated heterocycles. The monoisotopic (exact) mass is 401 g/mol. The van der Waals surface area contributed by atoms with Crippen LogP contribution in [0.15, 0.2) is 48.5 Å². The van der Waals surface area contributed by atoms with Crippen LogP contribution in [0.5, 0.6) is 0 Å². The normalized spacial score (nSPS) is 16.0. The predicted octanol–water partition coefficient (Wildman–Crippen LogP) is 4.58. The molecule has 138 valence electrons. The zero-order valence-corrected chi connectivity index (χ0v) is 16.1. The van der Waals surface area contributed by atoms with Gasteiger partial charge in [0.25, 0.3) is 5.91 Å². The molecule has 3 aromatic rings. The van der Waals surface area contributed by atoms with E-state index in [0.717, 1.165) is 22.4 Å². The van der Waals surface area contributed by atoms with Gasteiger partial charge >= 0.3 is 0 Å². The molecule has 7 heteroatoms. The number of hydrogen-bond donors (Lipinski definition) is 1. The molecule has 4 rings (SSSR count). The molecule has 1 aliphatic rings. The minimum atomic E-state index is -0.260. The van der Waals surface area contributed by atoms with Gasteiger partial charge in [-0.2, -0.15) is 5.10 Å². The fraction of sp³-hybridized carbons (Fsp3) is 0.200. The lowest BCUT2D eigenvalue weighted by Crippen LogP contribution is -2.32. The van der Waals surface area contributed by atoms with Crippen molar-refractivity contribution in [3.05, 3.63) is 75.4 Å². The number of carbonyl (C=O) groups is 1. The molecule has 5 nitrogen and oxygen atoms in total. The fourth-order valence-electron chi connectivity index (χ4n) is 3.44. The summed E-state index contributed by atoms with van der Waals surface area (Å²) in [5.41, 5.74) is 3.99. The summed E-state index contributed by atoms with van der Waals surface area (Å²) in [5, 5.41) is 8.65. The van der Waals surface area contributed by atoms with E-state index in [1.165, 1.54) is 0 Å². The molecule has 2 aromatic carbocycles. The van der Waals surface area contributed by atoms with Crippen LogP contribution in [0.1, 0.15) is 27.7 Å². The highest BCUT2D eigenvalue weighted by molar-refractivity contribution is 6.30. The Hall–Kier alpha value is -2.34. The number of hydrogen-bond acceptors (Lipinski definition) is 3. The molecule has 0 spiro atoms. The van der Waals surface area contributed by atoms with Crippen LogP contribution < -0.4 is 0 Å². The number of carbonyl (C=O) groups excluding carboxylic acids is 1. The highest BCUT2D eigenvalue weighted by atomic mass is 35.5. The topological polar surface area (TPSA) is 58.2 Å². The molecule has 27 heavy (non-hydrogen) atoms. The van der Waals surface area contributed by atoms with Crippen molar-refractivity contribution in [2.45, 2.75) is 6.04 Å². The lowest BCUT2D eigenvalue weighted by Gasteiger charge is -2.26. The van der Waals surface area contributed by atoms with Crippen LogP contribution in [0.3, 0.4) is 0 Å². The van der Waals surface area contributed by atoms with Gasteiger partial charge in [0.2, 0.25) is 0 Å². The lowest BCUT2D eigenvalue weighted by molar-refractivity contribution is 0.0677. The Morgan fingerprint density at radius 2 is 1.70 bits per heavy atom.